The first-order chi connectivity index (χ1) is 9.26. The van der Waals surface area contributed by atoms with Crippen molar-refractivity contribution in [2.24, 2.45) is 0 Å². The summed E-state index contributed by atoms with van der Waals surface area (Å²) in [5.41, 5.74) is 1.77. The van der Waals surface area contributed by atoms with Crippen LogP contribution in [0, 0.1) is 11.3 Å². The lowest BCUT2D eigenvalue weighted by Crippen LogP contribution is -2.29. The molecule has 0 radical (unpaired) electrons. The van der Waals surface area contributed by atoms with E-state index in [0.717, 1.165) is 24.3 Å². The molecule has 1 atom stereocenters. The molecule has 1 aliphatic heterocycles. The van der Waals surface area contributed by atoms with Crippen molar-refractivity contribution in [3.63, 3.8) is 0 Å². The largest absolute Gasteiger partial charge is 0.326 e. The van der Waals surface area contributed by atoms with Gasteiger partial charge in [-0.25, -0.2) is 0 Å². The van der Waals surface area contributed by atoms with Gasteiger partial charge >= 0.3 is 0 Å². The van der Waals surface area contributed by atoms with Crippen molar-refractivity contribution < 1.29 is 4.79 Å². The van der Waals surface area contributed by atoms with E-state index in [1.807, 2.05) is 40.9 Å². The smallest absolute Gasteiger partial charge is 0.233 e. The molecule has 1 amide bonds. The van der Waals surface area contributed by atoms with E-state index < -0.39 is 0 Å². The van der Waals surface area contributed by atoms with Crippen LogP contribution in [0.3, 0.4) is 0 Å². The summed E-state index contributed by atoms with van der Waals surface area (Å²) in [4.78, 5) is 13.9. The number of carbonyl (C=O) groups is 1. The van der Waals surface area contributed by atoms with Gasteiger partial charge in [0.2, 0.25) is 5.91 Å². The number of nitrogens with zero attached hydrogens (tertiary/aromatic N) is 2. The van der Waals surface area contributed by atoms with Gasteiger partial charge in [-0.2, -0.15) is 17.0 Å². The Morgan fingerprint density at radius 1 is 1.47 bits per heavy atom. The molecule has 0 saturated carbocycles. The van der Waals surface area contributed by atoms with Crippen LogP contribution in [0.4, 0.5) is 0 Å². The Morgan fingerprint density at radius 2 is 2.21 bits per heavy atom. The van der Waals surface area contributed by atoms with E-state index in [1.165, 1.54) is 0 Å². The highest BCUT2D eigenvalue weighted by Gasteiger charge is 2.32. The SMILES string of the molecule is CSCCCN1C(=O)CSC1c1ccc(C#N)cc1. The third-order valence-electron chi connectivity index (χ3n) is 3.04. The molecule has 1 aromatic carbocycles. The molecule has 0 N–H and O–H groups in total. The van der Waals surface area contributed by atoms with Crippen molar-refractivity contribution in [2.75, 3.05) is 24.3 Å². The summed E-state index contributed by atoms with van der Waals surface area (Å²) in [6, 6.07) is 9.66. The molecule has 1 unspecified atom stereocenters. The Kier molecular flexibility index (Phi) is 5.17. The van der Waals surface area contributed by atoms with Crippen LogP contribution < -0.4 is 0 Å². The number of rotatable bonds is 5. The van der Waals surface area contributed by atoms with Crippen molar-refractivity contribution in [2.45, 2.75) is 11.8 Å². The van der Waals surface area contributed by atoms with Crippen molar-refractivity contribution in [1.29, 1.82) is 5.26 Å². The van der Waals surface area contributed by atoms with Gasteiger partial charge in [-0.15, -0.1) is 11.8 Å². The van der Waals surface area contributed by atoms with Gasteiger partial charge in [-0.3, -0.25) is 4.79 Å². The van der Waals surface area contributed by atoms with E-state index in [4.69, 9.17) is 5.26 Å². The maximum Gasteiger partial charge on any atom is 0.233 e. The van der Waals surface area contributed by atoms with E-state index in [1.54, 1.807) is 11.8 Å². The lowest BCUT2D eigenvalue weighted by Gasteiger charge is -2.24. The molecule has 0 aliphatic carbocycles. The molecule has 1 saturated heterocycles. The molecule has 0 aromatic heterocycles. The van der Waals surface area contributed by atoms with Gasteiger partial charge in [0.15, 0.2) is 0 Å². The molecular formula is C14H16N2OS2. The van der Waals surface area contributed by atoms with E-state index >= 15 is 0 Å². The van der Waals surface area contributed by atoms with Gasteiger partial charge in [0, 0.05) is 6.54 Å². The Balaban J connectivity index is 2.08. The van der Waals surface area contributed by atoms with Crippen LogP contribution in [-0.4, -0.2) is 35.1 Å². The first-order valence-corrected chi connectivity index (χ1v) is 8.60. The van der Waals surface area contributed by atoms with Crippen LogP contribution in [0.25, 0.3) is 0 Å². The summed E-state index contributed by atoms with van der Waals surface area (Å²) in [7, 11) is 0. The first-order valence-electron chi connectivity index (χ1n) is 6.16. The van der Waals surface area contributed by atoms with E-state index in [0.29, 0.717) is 11.3 Å². The highest BCUT2D eigenvalue weighted by molar-refractivity contribution is 8.00. The van der Waals surface area contributed by atoms with Gasteiger partial charge in [-0.1, -0.05) is 12.1 Å². The molecule has 19 heavy (non-hydrogen) atoms. The van der Waals surface area contributed by atoms with Crippen molar-refractivity contribution >= 4 is 29.4 Å². The molecule has 0 spiro atoms. The molecule has 2 rings (SSSR count). The predicted molar refractivity (Wildman–Crippen MR) is 81.1 cm³/mol. The number of hydrogen-bond donors (Lipinski definition) is 0. The van der Waals surface area contributed by atoms with Gasteiger partial charge in [-0.05, 0) is 36.1 Å². The van der Waals surface area contributed by atoms with Crippen LogP contribution in [0.5, 0.6) is 0 Å². The lowest BCUT2D eigenvalue weighted by atomic mass is 10.1. The van der Waals surface area contributed by atoms with Crippen molar-refractivity contribution in [1.82, 2.24) is 4.90 Å². The second-order valence-electron chi connectivity index (χ2n) is 4.33. The fourth-order valence-corrected chi connectivity index (χ4v) is 3.71. The monoisotopic (exact) mass is 292 g/mol. The molecular weight excluding hydrogens is 276 g/mol. The molecule has 1 aromatic rings. The highest BCUT2D eigenvalue weighted by atomic mass is 32.2. The normalized spacial score (nSPS) is 18.6. The number of amides is 1. The zero-order valence-electron chi connectivity index (χ0n) is 10.8. The van der Waals surface area contributed by atoms with Gasteiger partial charge in [0.1, 0.15) is 5.37 Å². The fraction of sp³-hybridized carbons (Fsp3) is 0.429. The second kappa shape index (κ2) is 6.88. The summed E-state index contributed by atoms with van der Waals surface area (Å²) in [5.74, 6) is 1.86. The van der Waals surface area contributed by atoms with E-state index in [2.05, 4.69) is 12.3 Å². The summed E-state index contributed by atoms with van der Waals surface area (Å²) in [5, 5.41) is 8.92. The predicted octanol–water partition coefficient (Wildman–Crippen LogP) is 2.89. The minimum absolute atomic E-state index is 0.113. The van der Waals surface area contributed by atoms with E-state index in [9.17, 15) is 4.79 Å². The highest BCUT2D eigenvalue weighted by Crippen LogP contribution is 2.38. The molecule has 1 fully saturated rings. The van der Waals surface area contributed by atoms with Crippen LogP contribution in [-0.2, 0) is 4.79 Å². The fourth-order valence-electron chi connectivity index (χ4n) is 2.07. The molecule has 1 aliphatic rings. The van der Waals surface area contributed by atoms with Crippen LogP contribution >= 0.6 is 23.5 Å². The summed E-state index contributed by atoms with van der Waals surface area (Å²) < 4.78 is 0. The van der Waals surface area contributed by atoms with Crippen molar-refractivity contribution in [3.8, 4) is 6.07 Å². The number of carbonyl (C=O) groups excluding carboxylic acids is 1. The maximum atomic E-state index is 11.9. The minimum atomic E-state index is 0.113. The minimum Gasteiger partial charge on any atom is -0.326 e. The molecule has 1 heterocycles. The van der Waals surface area contributed by atoms with Crippen LogP contribution in [0.1, 0.15) is 22.9 Å². The zero-order valence-corrected chi connectivity index (χ0v) is 12.5. The molecule has 100 valence electrons. The Morgan fingerprint density at radius 3 is 2.84 bits per heavy atom. The number of benzene rings is 1. The summed E-state index contributed by atoms with van der Waals surface area (Å²) >= 11 is 3.48. The van der Waals surface area contributed by atoms with Crippen LogP contribution in [0.15, 0.2) is 24.3 Å². The second-order valence-corrected chi connectivity index (χ2v) is 6.38. The zero-order chi connectivity index (χ0) is 13.7. The molecule has 5 heteroatoms. The first kappa shape index (κ1) is 14.3. The quantitative estimate of drug-likeness (QED) is 0.783. The van der Waals surface area contributed by atoms with Crippen molar-refractivity contribution in [3.05, 3.63) is 35.4 Å². The summed E-state index contributed by atoms with van der Waals surface area (Å²) in [6.45, 7) is 0.817. The average molecular weight is 292 g/mol. The molecule has 3 nitrogen and oxygen atoms in total. The third-order valence-corrected chi connectivity index (χ3v) is 4.99. The van der Waals surface area contributed by atoms with E-state index in [-0.39, 0.29) is 11.3 Å². The molecule has 0 bridgehead atoms. The Bertz CT molecular complexity index is 481. The van der Waals surface area contributed by atoms with Gasteiger partial charge < -0.3 is 4.90 Å². The maximum absolute atomic E-state index is 11.9. The number of thioether (sulfide) groups is 2. The van der Waals surface area contributed by atoms with Gasteiger partial charge in [0.05, 0.1) is 17.4 Å². The standard InChI is InChI=1S/C14H16N2OS2/c1-18-8-2-7-16-13(17)10-19-14(16)12-5-3-11(9-15)4-6-12/h3-6,14H,2,7-8,10H2,1H3. The summed E-state index contributed by atoms with van der Waals surface area (Å²) in [6.07, 6.45) is 3.11. The number of nitriles is 1. The topological polar surface area (TPSA) is 44.1 Å². The van der Waals surface area contributed by atoms with Crippen LogP contribution in [0.2, 0.25) is 0 Å². The van der Waals surface area contributed by atoms with Gasteiger partial charge in [0.25, 0.3) is 0 Å². The average Bonchev–Trinajstić information content (AvgIpc) is 2.81. The third kappa shape index (κ3) is 3.46. The lowest BCUT2D eigenvalue weighted by molar-refractivity contribution is -0.128. The number of hydrogen-bond acceptors (Lipinski definition) is 4. The Hall–Kier alpha value is -1.12. The Labute approximate surface area is 122 Å².